The van der Waals surface area contributed by atoms with Gasteiger partial charge in [-0.2, -0.15) is 0 Å². The van der Waals surface area contributed by atoms with Crippen molar-refractivity contribution in [2.75, 3.05) is 0 Å². The molecule has 0 aliphatic heterocycles. The normalized spacial score (nSPS) is 11.7. The third-order valence-electron chi connectivity index (χ3n) is 12.0. The van der Waals surface area contributed by atoms with E-state index in [0.29, 0.717) is 11.5 Å². The van der Waals surface area contributed by atoms with Crippen molar-refractivity contribution in [3.8, 4) is 39.5 Å². The number of hydrogen-bond acceptors (Lipinski definition) is 2. The predicted molar refractivity (Wildman–Crippen MR) is 246 cm³/mol. The van der Waals surface area contributed by atoms with Gasteiger partial charge in [0, 0.05) is 27.1 Å². The molecule has 0 saturated carbocycles. The highest BCUT2D eigenvalue weighted by atomic mass is 15.0. The largest absolute Gasteiger partial charge is 0.309 e. The minimum Gasteiger partial charge on any atom is -0.309 e. The first-order valence-electron chi connectivity index (χ1n) is 19.8. The molecule has 0 aliphatic rings. The summed E-state index contributed by atoms with van der Waals surface area (Å²) in [4.78, 5) is 14.4. The average Bonchev–Trinajstić information content (AvgIpc) is 3.62. The van der Waals surface area contributed by atoms with Crippen molar-refractivity contribution in [2.24, 2.45) is 0 Å². The van der Waals surface area contributed by atoms with Crippen LogP contribution in [0, 0.1) is 6.57 Å². The summed E-state index contributed by atoms with van der Waals surface area (Å²) in [6, 6.07) is 68.9. The van der Waals surface area contributed by atoms with E-state index in [9.17, 15) is 0 Å². The van der Waals surface area contributed by atoms with Gasteiger partial charge in [0.2, 0.25) is 0 Å². The van der Waals surface area contributed by atoms with Crippen LogP contribution in [0.15, 0.2) is 194 Å². The van der Waals surface area contributed by atoms with Gasteiger partial charge >= 0.3 is 0 Å². The van der Waals surface area contributed by atoms with E-state index in [0.717, 1.165) is 55.3 Å². The highest BCUT2D eigenvalue weighted by molar-refractivity contribution is 6.24. The monoisotopic (exact) mass is 748 g/mol. The van der Waals surface area contributed by atoms with E-state index in [1.165, 1.54) is 54.1 Å². The van der Waals surface area contributed by atoms with Gasteiger partial charge in [-0.15, -0.1) is 0 Å². The molecule has 12 aromatic rings. The van der Waals surface area contributed by atoms with E-state index in [-0.39, 0.29) is 0 Å². The summed E-state index contributed by atoms with van der Waals surface area (Å²) < 4.78 is 2.44. The van der Waals surface area contributed by atoms with Crippen LogP contribution in [0.1, 0.15) is 0 Å². The molecule has 0 N–H and O–H groups in total. The van der Waals surface area contributed by atoms with Crippen LogP contribution in [0.5, 0.6) is 0 Å². The summed E-state index contributed by atoms with van der Waals surface area (Å²) in [6.07, 6.45) is 0. The molecule has 0 bridgehead atoms. The molecule has 0 atom stereocenters. The second-order valence-electron chi connectivity index (χ2n) is 15.3. The quantitative estimate of drug-likeness (QED) is 0.168. The third kappa shape index (κ3) is 5.23. The Labute approximate surface area is 339 Å². The first kappa shape index (κ1) is 33.1. The molecule has 0 spiro atoms. The third-order valence-corrected chi connectivity index (χ3v) is 12.0. The molecule has 0 fully saturated rings. The lowest BCUT2D eigenvalue weighted by molar-refractivity contribution is 1.19. The molecule has 2 aromatic heterocycles. The van der Waals surface area contributed by atoms with E-state index < -0.39 is 0 Å². The predicted octanol–water partition coefficient (Wildman–Crippen LogP) is 14.9. The van der Waals surface area contributed by atoms with Gasteiger partial charge in [-0.05, 0) is 103 Å². The Balaban J connectivity index is 1.11. The molecule has 0 unspecified atom stereocenters. The maximum atomic E-state index is 7.56. The van der Waals surface area contributed by atoms with Gasteiger partial charge in [0.05, 0.1) is 34.5 Å². The van der Waals surface area contributed by atoms with E-state index in [4.69, 9.17) is 16.5 Å². The number of nitrogens with zero attached hydrogens (tertiary/aromatic N) is 4. The van der Waals surface area contributed by atoms with E-state index in [2.05, 4.69) is 179 Å². The first-order chi connectivity index (χ1) is 29.2. The Kier molecular flexibility index (Phi) is 7.26. The van der Waals surface area contributed by atoms with Gasteiger partial charge in [0.15, 0.2) is 11.5 Å². The van der Waals surface area contributed by atoms with Crippen LogP contribution in [-0.2, 0) is 0 Å². The zero-order chi connectivity index (χ0) is 39.0. The fourth-order valence-electron chi connectivity index (χ4n) is 9.12. The van der Waals surface area contributed by atoms with Crippen LogP contribution >= 0.6 is 0 Å². The number of benzene rings is 10. The molecule has 4 nitrogen and oxygen atoms in total. The van der Waals surface area contributed by atoms with Crippen LogP contribution in [-0.4, -0.2) is 14.5 Å². The van der Waals surface area contributed by atoms with Crippen molar-refractivity contribution in [3.05, 3.63) is 206 Å². The van der Waals surface area contributed by atoms with E-state index in [1.807, 2.05) is 24.3 Å². The van der Waals surface area contributed by atoms with Crippen LogP contribution < -0.4 is 0 Å². The molecular weight excluding hydrogens is 717 g/mol. The molecule has 272 valence electrons. The summed E-state index contributed by atoms with van der Waals surface area (Å²) in [7, 11) is 0. The molecule has 12 rings (SSSR count). The fraction of sp³-hybridized carbons (Fsp3) is 0. The van der Waals surface area contributed by atoms with Crippen LogP contribution in [0.4, 0.5) is 5.69 Å². The minimum atomic E-state index is 0.596. The van der Waals surface area contributed by atoms with Crippen molar-refractivity contribution in [2.45, 2.75) is 0 Å². The molecular formula is C55H32N4. The number of fused-ring (bicyclic) bond motifs is 9. The zero-order valence-corrected chi connectivity index (χ0v) is 31.8. The van der Waals surface area contributed by atoms with Gasteiger partial charge in [-0.1, -0.05) is 146 Å². The first-order valence-corrected chi connectivity index (χ1v) is 19.8. The summed E-state index contributed by atoms with van der Waals surface area (Å²) >= 11 is 0. The molecule has 2 heterocycles. The van der Waals surface area contributed by atoms with Gasteiger partial charge in [0.25, 0.3) is 0 Å². The lowest BCUT2D eigenvalue weighted by atomic mass is 9.98. The molecule has 0 amide bonds. The highest BCUT2D eigenvalue weighted by Crippen LogP contribution is 2.42. The lowest BCUT2D eigenvalue weighted by Gasteiger charge is -2.16. The summed E-state index contributed by atoms with van der Waals surface area (Å²) in [5.41, 5.74) is 9.85. The Morgan fingerprint density at radius 1 is 0.407 bits per heavy atom. The minimum absolute atomic E-state index is 0.596. The molecule has 10 aromatic carbocycles. The van der Waals surface area contributed by atoms with Crippen LogP contribution in [0.3, 0.4) is 0 Å². The van der Waals surface area contributed by atoms with Crippen molar-refractivity contribution in [1.29, 1.82) is 0 Å². The lowest BCUT2D eigenvalue weighted by Crippen LogP contribution is -1.99. The maximum absolute atomic E-state index is 7.56. The molecule has 4 heteroatoms. The smallest absolute Gasteiger partial charge is 0.187 e. The maximum Gasteiger partial charge on any atom is 0.187 e. The Hall–Kier alpha value is -8.13. The Morgan fingerprint density at radius 3 is 1.83 bits per heavy atom. The van der Waals surface area contributed by atoms with E-state index >= 15 is 0 Å². The summed E-state index contributed by atoms with van der Waals surface area (Å²) in [6.45, 7) is 7.56. The standard InChI is InChI=1S/C55H32N4/c1-56-42-24-20-36(21-25-42)54-47-26-22-41(40-19-18-34-10-2-3-12-37(34)30-40)32-49(47)57-55(58-54)46-27-29-50(45-17-9-8-16-44(45)46)59-51-28-23-35-11-6-7-15-43(35)53(51)48-31-38-13-4-5-14-39(38)33-52(48)59/h2-33H. The SMILES string of the molecule is [C-]#[N+]c1ccc(-c2nc(-c3ccc(-n4c5cc6ccccc6cc5c5c6ccccc6ccc54)c4ccccc34)nc3cc(-c4ccc5ccccc5c4)ccc23)cc1. The Bertz CT molecular complexity index is 3740. The molecule has 0 saturated heterocycles. The average molecular weight is 749 g/mol. The van der Waals surface area contributed by atoms with Crippen molar-refractivity contribution in [3.63, 3.8) is 0 Å². The highest BCUT2D eigenvalue weighted by Gasteiger charge is 2.20. The molecule has 59 heavy (non-hydrogen) atoms. The van der Waals surface area contributed by atoms with Crippen molar-refractivity contribution >= 4 is 81.5 Å². The summed E-state index contributed by atoms with van der Waals surface area (Å²) in [5.74, 6) is 0.652. The second kappa shape index (κ2) is 13.0. The van der Waals surface area contributed by atoms with Crippen LogP contribution in [0.2, 0.25) is 0 Å². The number of rotatable bonds is 4. The van der Waals surface area contributed by atoms with Crippen LogP contribution in [0.25, 0.3) is 120 Å². The molecule has 0 aliphatic carbocycles. The van der Waals surface area contributed by atoms with Gasteiger partial charge < -0.3 is 4.57 Å². The molecule has 0 radical (unpaired) electrons. The number of hydrogen-bond donors (Lipinski definition) is 0. The van der Waals surface area contributed by atoms with Crippen molar-refractivity contribution < 1.29 is 0 Å². The topological polar surface area (TPSA) is 35.1 Å². The Morgan fingerprint density at radius 2 is 1.03 bits per heavy atom. The van der Waals surface area contributed by atoms with Crippen molar-refractivity contribution in [1.82, 2.24) is 14.5 Å². The number of aromatic nitrogens is 3. The van der Waals surface area contributed by atoms with Gasteiger partial charge in [0.1, 0.15) is 0 Å². The van der Waals surface area contributed by atoms with Gasteiger partial charge in [-0.3, -0.25) is 0 Å². The van der Waals surface area contributed by atoms with E-state index in [1.54, 1.807) is 0 Å². The fourth-order valence-corrected chi connectivity index (χ4v) is 9.12. The van der Waals surface area contributed by atoms with Gasteiger partial charge in [-0.25, -0.2) is 14.8 Å². The summed E-state index contributed by atoms with van der Waals surface area (Å²) in [5, 5.41) is 12.9. The second-order valence-corrected chi connectivity index (χ2v) is 15.3. The zero-order valence-electron chi connectivity index (χ0n) is 31.8.